The largest absolute Gasteiger partial charge is 0.497 e. The predicted molar refractivity (Wildman–Crippen MR) is 117 cm³/mol. The van der Waals surface area contributed by atoms with Gasteiger partial charge < -0.3 is 9.47 Å². The van der Waals surface area contributed by atoms with Gasteiger partial charge in [-0.1, -0.05) is 42.5 Å². The number of rotatable bonds is 6. The number of esters is 1. The molecule has 0 saturated carbocycles. The molecule has 4 rings (SSSR count). The van der Waals surface area contributed by atoms with Crippen molar-refractivity contribution in [3.63, 3.8) is 0 Å². The topological polar surface area (TPSA) is 70.4 Å². The zero-order chi connectivity index (χ0) is 21.1. The third kappa shape index (κ3) is 3.84. The zero-order valence-corrected chi connectivity index (χ0v) is 17.4. The van der Waals surface area contributed by atoms with Gasteiger partial charge in [-0.15, -0.1) is 11.3 Å². The summed E-state index contributed by atoms with van der Waals surface area (Å²) in [6.07, 6.45) is 1.41. The number of nitrogens with zero attached hydrogens (tertiary/aromatic N) is 2. The molecule has 2 aromatic carbocycles. The van der Waals surface area contributed by atoms with Crippen LogP contribution in [0.3, 0.4) is 0 Å². The van der Waals surface area contributed by atoms with Gasteiger partial charge in [0.2, 0.25) is 0 Å². The van der Waals surface area contributed by atoms with E-state index in [2.05, 4.69) is 4.98 Å². The van der Waals surface area contributed by atoms with E-state index in [0.29, 0.717) is 10.2 Å². The van der Waals surface area contributed by atoms with E-state index in [1.54, 1.807) is 14.0 Å². The molecule has 0 spiro atoms. The Labute approximate surface area is 177 Å². The summed E-state index contributed by atoms with van der Waals surface area (Å²) in [5.74, 6) is 0.256. The second kappa shape index (κ2) is 8.51. The molecular formula is C23H20N2O4S. The lowest BCUT2D eigenvalue weighted by Crippen LogP contribution is -2.29. The lowest BCUT2D eigenvalue weighted by atomic mass is 10.1. The van der Waals surface area contributed by atoms with Crippen molar-refractivity contribution in [3.05, 3.63) is 82.2 Å². The zero-order valence-electron chi connectivity index (χ0n) is 16.6. The molecule has 0 bridgehead atoms. The Kier molecular flexibility index (Phi) is 5.63. The molecule has 0 fully saturated rings. The van der Waals surface area contributed by atoms with Crippen molar-refractivity contribution < 1.29 is 14.3 Å². The minimum atomic E-state index is -0.790. The Morgan fingerprint density at radius 1 is 1.13 bits per heavy atom. The Hall–Kier alpha value is -3.45. The predicted octanol–water partition coefficient (Wildman–Crippen LogP) is 4.44. The van der Waals surface area contributed by atoms with E-state index in [9.17, 15) is 9.59 Å². The highest BCUT2D eigenvalue weighted by molar-refractivity contribution is 7.17. The maximum absolute atomic E-state index is 13.2. The smallest absolute Gasteiger partial charge is 0.329 e. The first-order valence-corrected chi connectivity index (χ1v) is 10.3. The van der Waals surface area contributed by atoms with Crippen molar-refractivity contribution in [2.45, 2.75) is 19.6 Å². The van der Waals surface area contributed by atoms with Crippen molar-refractivity contribution >= 4 is 27.5 Å². The molecule has 7 heteroatoms. The fourth-order valence-electron chi connectivity index (χ4n) is 3.17. The van der Waals surface area contributed by atoms with Gasteiger partial charge in [0.05, 0.1) is 18.8 Å². The molecule has 0 aliphatic rings. The number of methoxy groups -OCH3 is 1. The molecule has 30 heavy (non-hydrogen) atoms. The van der Waals surface area contributed by atoms with E-state index in [1.807, 2.05) is 60.0 Å². The third-order valence-electron chi connectivity index (χ3n) is 4.90. The highest BCUT2D eigenvalue weighted by atomic mass is 32.1. The second-order valence-corrected chi connectivity index (χ2v) is 7.64. The summed E-state index contributed by atoms with van der Waals surface area (Å²) in [6.45, 7) is 1.80. The highest BCUT2D eigenvalue weighted by Crippen LogP contribution is 2.31. The van der Waals surface area contributed by atoms with Crippen molar-refractivity contribution in [1.29, 1.82) is 0 Å². The van der Waals surface area contributed by atoms with E-state index in [4.69, 9.17) is 9.47 Å². The van der Waals surface area contributed by atoms with Gasteiger partial charge in [-0.2, -0.15) is 0 Å². The van der Waals surface area contributed by atoms with Gasteiger partial charge in [0, 0.05) is 10.9 Å². The van der Waals surface area contributed by atoms with Gasteiger partial charge in [-0.05, 0) is 30.2 Å². The number of carbonyl (C=O) groups is 1. The summed E-state index contributed by atoms with van der Waals surface area (Å²) in [5, 5.41) is 2.40. The molecule has 1 unspecified atom stereocenters. The Morgan fingerprint density at radius 3 is 2.57 bits per heavy atom. The highest BCUT2D eigenvalue weighted by Gasteiger charge is 2.21. The first-order valence-electron chi connectivity index (χ1n) is 9.42. The molecule has 0 radical (unpaired) electrons. The van der Waals surface area contributed by atoms with Crippen molar-refractivity contribution in [3.8, 4) is 16.9 Å². The van der Waals surface area contributed by atoms with E-state index in [0.717, 1.165) is 22.4 Å². The molecule has 0 saturated heterocycles. The maximum Gasteiger partial charge on any atom is 0.329 e. The first kappa shape index (κ1) is 19.8. The van der Waals surface area contributed by atoms with Crippen LogP contribution >= 0.6 is 11.3 Å². The summed E-state index contributed by atoms with van der Waals surface area (Å²) in [4.78, 5) is 30.8. The van der Waals surface area contributed by atoms with E-state index in [1.165, 1.54) is 22.2 Å². The summed E-state index contributed by atoms with van der Waals surface area (Å²) in [6, 6.07) is 16.1. The molecule has 2 aromatic heterocycles. The Balaban J connectivity index is 1.63. The van der Waals surface area contributed by atoms with Crippen LogP contribution in [0.5, 0.6) is 5.75 Å². The number of benzene rings is 2. The maximum atomic E-state index is 13.2. The Morgan fingerprint density at radius 2 is 1.87 bits per heavy atom. The standard InChI is InChI=1S/C23H20N2O4S/c1-15(23(27)29-12-16-6-4-3-5-7-16)25-14-24-21-20(22(25)26)19(13-30-21)17-8-10-18(28-2)11-9-17/h3-11,13-15H,12H2,1-2H3. The number of aromatic nitrogens is 2. The van der Waals surface area contributed by atoms with Gasteiger partial charge in [0.1, 0.15) is 23.2 Å². The van der Waals surface area contributed by atoms with Crippen LogP contribution in [-0.2, 0) is 16.1 Å². The third-order valence-corrected chi connectivity index (χ3v) is 5.79. The summed E-state index contributed by atoms with van der Waals surface area (Å²) in [7, 11) is 1.61. The number of hydrogen-bond acceptors (Lipinski definition) is 6. The number of hydrogen-bond donors (Lipinski definition) is 0. The van der Waals surface area contributed by atoms with Gasteiger partial charge in [0.15, 0.2) is 0 Å². The SMILES string of the molecule is COc1ccc(-c2csc3ncn(C(C)C(=O)OCc4ccccc4)c(=O)c23)cc1. The van der Waals surface area contributed by atoms with Crippen LogP contribution in [-0.4, -0.2) is 22.6 Å². The van der Waals surface area contributed by atoms with Crippen molar-refractivity contribution in [2.24, 2.45) is 0 Å². The molecule has 0 N–H and O–H groups in total. The van der Waals surface area contributed by atoms with Crippen LogP contribution in [0.15, 0.2) is 71.1 Å². The monoisotopic (exact) mass is 420 g/mol. The number of thiophene rings is 1. The molecular weight excluding hydrogens is 400 g/mol. The minimum Gasteiger partial charge on any atom is -0.497 e. The van der Waals surface area contributed by atoms with Crippen LogP contribution < -0.4 is 10.3 Å². The first-order chi connectivity index (χ1) is 14.6. The summed E-state index contributed by atoms with van der Waals surface area (Å²) in [5.41, 5.74) is 2.29. The molecule has 0 aliphatic heterocycles. The lowest BCUT2D eigenvalue weighted by molar-refractivity contribution is -0.148. The van der Waals surface area contributed by atoms with Crippen molar-refractivity contribution in [2.75, 3.05) is 7.11 Å². The van der Waals surface area contributed by atoms with Crippen LogP contribution in [0.4, 0.5) is 0 Å². The molecule has 152 valence electrons. The minimum absolute atomic E-state index is 0.157. The van der Waals surface area contributed by atoms with Crippen molar-refractivity contribution in [1.82, 2.24) is 9.55 Å². The van der Waals surface area contributed by atoms with Gasteiger partial charge in [-0.25, -0.2) is 9.78 Å². The van der Waals surface area contributed by atoms with Gasteiger partial charge in [0.25, 0.3) is 5.56 Å². The average molecular weight is 420 g/mol. The number of fused-ring (bicyclic) bond motifs is 1. The molecule has 2 heterocycles. The fraction of sp³-hybridized carbons (Fsp3) is 0.174. The quantitative estimate of drug-likeness (QED) is 0.431. The van der Waals surface area contributed by atoms with E-state index in [-0.39, 0.29) is 12.2 Å². The number of ether oxygens (including phenoxy) is 2. The molecule has 6 nitrogen and oxygen atoms in total. The lowest BCUT2D eigenvalue weighted by Gasteiger charge is -2.14. The van der Waals surface area contributed by atoms with Crippen LogP contribution in [0.25, 0.3) is 21.3 Å². The van der Waals surface area contributed by atoms with Crippen LogP contribution in [0, 0.1) is 0 Å². The van der Waals surface area contributed by atoms with E-state index < -0.39 is 12.0 Å². The summed E-state index contributed by atoms with van der Waals surface area (Å²) >= 11 is 1.40. The van der Waals surface area contributed by atoms with E-state index >= 15 is 0 Å². The van der Waals surface area contributed by atoms with Gasteiger partial charge in [-0.3, -0.25) is 9.36 Å². The summed E-state index contributed by atoms with van der Waals surface area (Å²) < 4.78 is 11.9. The molecule has 0 amide bonds. The number of carbonyl (C=O) groups excluding carboxylic acids is 1. The Bertz CT molecular complexity index is 1230. The molecule has 1 atom stereocenters. The second-order valence-electron chi connectivity index (χ2n) is 6.78. The normalized spacial score (nSPS) is 11.9. The fourth-order valence-corrected chi connectivity index (χ4v) is 4.07. The molecule has 0 aliphatic carbocycles. The molecule has 4 aromatic rings. The van der Waals surface area contributed by atoms with Crippen LogP contribution in [0.2, 0.25) is 0 Å². The average Bonchev–Trinajstić information content (AvgIpc) is 3.23. The van der Waals surface area contributed by atoms with Crippen LogP contribution in [0.1, 0.15) is 18.5 Å². The van der Waals surface area contributed by atoms with Gasteiger partial charge >= 0.3 is 5.97 Å².